The van der Waals surface area contributed by atoms with Gasteiger partial charge in [0.15, 0.2) is 0 Å². The van der Waals surface area contributed by atoms with E-state index < -0.39 is 0 Å². The van der Waals surface area contributed by atoms with Gasteiger partial charge in [-0.2, -0.15) is 0 Å². The van der Waals surface area contributed by atoms with E-state index in [9.17, 15) is 4.79 Å². The Morgan fingerprint density at radius 2 is 2.00 bits per heavy atom. The molecule has 0 aromatic rings. The monoisotopic (exact) mass is 227 g/mol. The van der Waals surface area contributed by atoms with Crippen LogP contribution in [0.5, 0.6) is 0 Å². The molecule has 1 saturated heterocycles. The highest BCUT2D eigenvalue weighted by Gasteiger charge is 2.16. The molecule has 4 heteroatoms. The molecular weight excluding hydrogens is 202 g/mol. The summed E-state index contributed by atoms with van der Waals surface area (Å²) in [6.45, 7) is 7.99. The Balaban J connectivity index is 2.17. The summed E-state index contributed by atoms with van der Waals surface area (Å²) in [4.78, 5) is 14.0. The molecule has 1 rings (SSSR count). The van der Waals surface area contributed by atoms with Crippen molar-refractivity contribution < 1.29 is 4.79 Å². The fourth-order valence-corrected chi connectivity index (χ4v) is 2.13. The highest BCUT2D eigenvalue weighted by atomic mass is 16.1. The van der Waals surface area contributed by atoms with Gasteiger partial charge in [0.05, 0.1) is 0 Å². The van der Waals surface area contributed by atoms with E-state index in [1.807, 2.05) is 6.92 Å². The lowest BCUT2D eigenvalue weighted by atomic mass is 10.1. The molecule has 4 nitrogen and oxygen atoms in total. The smallest absolute Gasteiger partial charge is 0.220 e. The SMILES string of the molecule is CC(CN)CC(=O)NC(C)CN1CCCC1. The number of hydrogen-bond donors (Lipinski definition) is 2. The first-order valence-electron chi connectivity index (χ1n) is 6.33. The van der Waals surface area contributed by atoms with Crippen molar-refractivity contribution in [1.82, 2.24) is 10.2 Å². The minimum Gasteiger partial charge on any atom is -0.352 e. The van der Waals surface area contributed by atoms with Gasteiger partial charge in [-0.25, -0.2) is 0 Å². The Labute approximate surface area is 98.6 Å². The molecule has 0 saturated carbocycles. The van der Waals surface area contributed by atoms with Gasteiger partial charge in [-0.1, -0.05) is 6.92 Å². The lowest BCUT2D eigenvalue weighted by Crippen LogP contribution is -2.41. The van der Waals surface area contributed by atoms with Gasteiger partial charge in [0.1, 0.15) is 0 Å². The van der Waals surface area contributed by atoms with E-state index in [1.54, 1.807) is 0 Å². The van der Waals surface area contributed by atoms with E-state index in [0.29, 0.717) is 13.0 Å². The number of hydrogen-bond acceptors (Lipinski definition) is 3. The summed E-state index contributed by atoms with van der Waals surface area (Å²) in [5.74, 6) is 0.406. The normalized spacial score (nSPS) is 20.7. The van der Waals surface area contributed by atoms with E-state index in [2.05, 4.69) is 17.1 Å². The number of amides is 1. The molecule has 1 aliphatic rings. The van der Waals surface area contributed by atoms with Crippen LogP contribution in [0.4, 0.5) is 0 Å². The number of nitrogens with one attached hydrogen (secondary N) is 1. The molecule has 0 aromatic heterocycles. The Hall–Kier alpha value is -0.610. The maximum Gasteiger partial charge on any atom is 0.220 e. The zero-order valence-electron chi connectivity index (χ0n) is 10.5. The molecule has 0 aromatic carbocycles. The summed E-state index contributed by atoms with van der Waals surface area (Å²) in [7, 11) is 0. The van der Waals surface area contributed by atoms with Gasteiger partial charge in [-0.3, -0.25) is 4.79 Å². The number of carbonyl (C=O) groups excluding carboxylic acids is 1. The lowest BCUT2D eigenvalue weighted by Gasteiger charge is -2.21. The summed E-state index contributed by atoms with van der Waals surface area (Å²) in [6.07, 6.45) is 3.14. The standard InChI is InChI=1S/C12H25N3O/c1-10(8-13)7-12(16)14-11(2)9-15-5-3-4-6-15/h10-11H,3-9,13H2,1-2H3,(H,14,16). The summed E-state index contributed by atoms with van der Waals surface area (Å²) in [5.41, 5.74) is 5.49. The summed E-state index contributed by atoms with van der Waals surface area (Å²) in [5, 5.41) is 3.04. The molecule has 0 bridgehead atoms. The van der Waals surface area contributed by atoms with Crippen LogP contribution in [0.1, 0.15) is 33.1 Å². The quantitative estimate of drug-likeness (QED) is 0.697. The molecule has 3 N–H and O–H groups in total. The first-order chi connectivity index (χ1) is 7.61. The molecule has 94 valence electrons. The van der Waals surface area contributed by atoms with Crippen molar-refractivity contribution in [3.63, 3.8) is 0 Å². The third-order valence-corrected chi connectivity index (χ3v) is 3.07. The molecule has 2 atom stereocenters. The fourth-order valence-electron chi connectivity index (χ4n) is 2.13. The van der Waals surface area contributed by atoms with Crippen molar-refractivity contribution in [2.45, 2.75) is 39.2 Å². The predicted molar refractivity (Wildman–Crippen MR) is 66.1 cm³/mol. The minimum absolute atomic E-state index is 0.129. The van der Waals surface area contributed by atoms with Crippen molar-refractivity contribution in [2.24, 2.45) is 11.7 Å². The van der Waals surface area contributed by atoms with Crippen LogP contribution in [0.15, 0.2) is 0 Å². The molecule has 1 aliphatic heterocycles. The van der Waals surface area contributed by atoms with Crippen molar-refractivity contribution in [3.05, 3.63) is 0 Å². The molecule has 0 radical (unpaired) electrons. The van der Waals surface area contributed by atoms with Crippen LogP contribution in [0, 0.1) is 5.92 Å². The van der Waals surface area contributed by atoms with Gasteiger partial charge in [-0.15, -0.1) is 0 Å². The molecule has 0 spiro atoms. The van der Waals surface area contributed by atoms with Crippen LogP contribution in [0.3, 0.4) is 0 Å². The van der Waals surface area contributed by atoms with Gasteiger partial charge in [-0.05, 0) is 45.3 Å². The average Bonchev–Trinajstić information content (AvgIpc) is 2.69. The van der Waals surface area contributed by atoms with Gasteiger partial charge in [0.25, 0.3) is 0 Å². The van der Waals surface area contributed by atoms with Crippen LogP contribution in [-0.2, 0) is 4.79 Å². The number of likely N-dealkylation sites (tertiary alicyclic amines) is 1. The fraction of sp³-hybridized carbons (Fsp3) is 0.917. The second kappa shape index (κ2) is 6.86. The number of nitrogens with zero attached hydrogens (tertiary/aromatic N) is 1. The van der Waals surface area contributed by atoms with Crippen molar-refractivity contribution in [3.8, 4) is 0 Å². The van der Waals surface area contributed by atoms with Crippen LogP contribution < -0.4 is 11.1 Å². The van der Waals surface area contributed by atoms with E-state index in [1.165, 1.54) is 25.9 Å². The Bertz CT molecular complexity index is 214. The van der Waals surface area contributed by atoms with Gasteiger partial charge in [0, 0.05) is 19.0 Å². The number of carbonyl (C=O) groups is 1. The van der Waals surface area contributed by atoms with E-state index >= 15 is 0 Å². The maximum atomic E-state index is 11.6. The third kappa shape index (κ3) is 4.94. The second-order valence-corrected chi connectivity index (χ2v) is 5.02. The Morgan fingerprint density at radius 1 is 1.38 bits per heavy atom. The second-order valence-electron chi connectivity index (χ2n) is 5.02. The maximum absolute atomic E-state index is 11.6. The van der Waals surface area contributed by atoms with Crippen LogP contribution >= 0.6 is 0 Å². The van der Waals surface area contributed by atoms with Gasteiger partial charge < -0.3 is 16.0 Å². The van der Waals surface area contributed by atoms with Gasteiger partial charge in [0.2, 0.25) is 5.91 Å². The first kappa shape index (κ1) is 13.5. The predicted octanol–water partition coefficient (Wildman–Crippen LogP) is 0.572. The minimum atomic E-state index is 0.129. The van der Waals surface area contributed by atoms with Crippen molar-refractivity contribution >= 4 is 5.91 Å². The van der Waals surface area contributed by atoms with E-state index in [-0.39, 0.29) is 17.9 Å². The van der Waals surface area contributed by atoms with Gasteiger partial charge >= 0.3 is 0 Å². The summed E-state index contributed by atoms with van der Waals surface area (Å²) in [6, 6.07) is 0.246. The molecule has 1 heterocycles. The highest BCUT2D eigenvalue weighted by molar-refractivity contribution is 5.76. The first-order valence-corrected chi connectivity index (χ1v) is 6.33. The largest absolute Gasteiger partial charge is 0.352 e. The summed E-state index contributed by atoms with van der Waals surface area (Å²) < 4.78 is 0. The Kier molecular flexibility index (Phi) is 5.77. The zero-order chi connectivity index (χ0) is 12.0. The number of nitrogens with two attached hydrogens (primary N) is 1. The topological polar surface area (TPSA) is 58.4 Å². The van der Waals surface area contributed by atoms with Crippen LogP contribution in [0.25, 0.3) is 0 Å². The third-order valence-electron chi connectivity index (χ3n) is 3.07. The highest BCUT2D eigenvalue weighted by Crippen LogP contribution is 2.07. The number of rotatable bonds is 6. The molecule has 1 fully saturated rings. The van der Waals surface area contributed by atoms with Crippen LogP contribution in [0.2, 0.25) is 0 Å². The average molecular weight is 227 g/mol. The molecular formula is C12H25N3O. The van der Waals surface area contributed by atoms with Crippen molar-refractivity contribution in [1.29, 1.82) is 0 Å². The molecule has 16 heavy (non-hydrogen) atoms. The van der Waals surface area contributed by atoms with Crippen LogP contribution in [-0.4, -0.2) is 43.0 Å². The Morgan fingerprint density at radius 3 is 2.56 bits per heavy atom. The van der Waals surface area contributed by atoms with E-state index in [4.69, 9.17) is 5.73 Å². The lowest BCUT2D eigenvalue weighted by molar-refractivity contribution is -0.122. The molecule has 0 aliphatic carbocycles. The molecule has 1 amide bonds. The summed E-state index contributed by atoms with van der Waals surface area (Å²) >= 11 is 0. The van der Waals surface area contributed by atoms with Crippen molar-refractivity contribution in [2.75, 3.05) is 26.2 Å². The van der Waals surface area contributed by atoms with E-state index in [0.717, 1.165) is 6.54 Å². The molecule has 2 unspecified atom stereocenters. The zero-order valence-corrected chi connectivity index (χ0v) is 10.5.